The molecule has 0 aliphatic rings. The van der Waals surface area contributed by atoms with Crippen molar-refractivity contribution < 1.29 is 0 Å². The van der Waals surface area contributed by atoms with Crippen LogP contribution < -0.4 is 0 Å². The minimum absolute atomic E-state index is 0.164. The number of hydrogen-bond donors (Lipinski definition) is 0. The summed E-state index contributed by atoms with van der Waals surface area (Å²) in [4.78, 5) is 4.60. The van der Waals surface area contributed by atoms with Gasteiger partial charge in [-0.3, -0.25) is 9.80 Å². The topological polar surface area (TPSA) is 6.48 Å². The molecule has 0 aromatic rings. The third kappa shape index (κ3) is 6.35. The second kappa shape index (κ2) is 8.21. The lowest BCUT2D eigenvalue weighted by Gasteiger charge is -2.30. The molecule has 3 heteroatoms. The van der Waals surface area contributed by atoms with Crippen LogP contribution in [0.5, 0.6) is 0 Å². The Morgan fingerprint density at radius 2 is 1.79 bits per heavy atom. The van der Waals surface area contributed by atoms with Crippen LogP contribution in [-0.4, -0.2) is 53.7 Å². The van der Waals surface area contributed by atoms with Gasteiger partial charge in [0.2, 0.25) is 0 Å². The van der Waals surface area contributed by atoms with Crippen LogP contribution in [0.1, 0.15) is 12.8 Å². The monoisotopic (exact) mass is 214 g/mol. The fourth-order valence-electron chi connectivity index (χ4n) is 1.77. The van der Waals surface area contributed by atoms with Crippen LogP contribution in [-0.2, 0) is 0 Å². The highest BCUT2D eigenvalue weighted by molar-refractivity contribution is 6.35. The second-order valence-electron chi connectivity index (χ2n) is 4.33. The molecule has 0 aromatic carbocycles. The summed E-state index contributed by atoms with van der Waals surface area (Å²) in [5.41, 5.74) is 0. The zero-order chi connectivity index (χ0) is 11.0. The van der Waals surface area contributed by atoms with Crippen molar-refractivity contribution >= 4 is 9.52 Å². The maximum absolute atomic E-state index is 3.77. The molecule has 0 aliphatic heterocycles. The molecule has 0 amide bonds. The van der Waals surface area contributed by atoms with Crippen LogP contribution in [0.2, 0.25) is 12.1 Å². The van der Waals surface area contributed by atoms with Gasteiger partial charge in [0.25, 0.3) is 0 Å². The molecule has 84 valence electrons. The molecule has 2 nitrogen and oxygen atoms in total. The lowest BCUT2D eigenvalue weighted by molar-refractivity contribution is 0.119. The highest BCUT2D eigenvalue weighted by atomic mass is 28.2. The summed E-state index contributed by atoms with van der Waals surface area (Å²) < 4.78 is 0. The molecule has 0 saturated heterocycles. The molecule has 0 N–H and O–H groups in total. The highest BCUT2D eigenvalue weighted by Gasteiger charge is 2.12. The van der Waals surface area contributed by atoms with Crippen molar-refractivity contribution in [2.45, 2.75) is 31.1 Å². The van der Waals surface area contributed by atoms with Crippen molar-refractivity contribution in [3.63, 3.8) is 0 Å². The van der Waals surface area contributed by atoms with Gasteiger partial charge in [0.1, 0.15) is 0 Å². The molecular formula is C11H26N2Si. The van der Waals surface area contributed by atoms with E-state index < -0.39 is 0 Å². The zero-order valence-electron chi connectivity index (χ0n) is 10.3. The van der Waals surface area contributed by atoms with Crippen molar-refractivity contribution in [2.75, 3.05) is 28.2 Å². The molecule has 0 rings (SSSR count). The first-order valence-electron chi connectivity index (χ1n) is 5.53. The number of allylic oxidation sites excluding steroid dienone is 1. The molecule has 14 heavy (non-hydrogen) atoms. The number of nitrogens with zero attached hydrogens (tertiary/aromatic N) is 2. The van der Waals surface area contributed by atoms with Crippen LogP contribution in [0, 0.1) is 0 Å². The molecule has 0 saturated carbocycles. The summed E-state index contributed by atoms with van der Waals surface area (Å²) >= 11 is 0. The highest BCUT2D eigenvalue weighted by Crippen LogP contribution is 2.08. The molecule has 0 fully saturated rings. The van der Waals surface area contributed by atoms with Gasteiger partial charge in [0.05, 0.1) is 6.17 Å². The molecule has 0 aliphatic carbocycles. The Bertz CT molecular complexity index is 138. The largest absolute Gasteiger partial charge is 0.294 e. The molecular weight excluding hydrogens is 188 g/mol. The second-order valence-corrected chi connectivity index (χ2v) is 6.33. The van der Waals surface area contributed by atoms with E-state index in [-0.39, 0.29) is 9.52 Å². The minimum Gasteiger partial charge on any atom is -0.294 e. The summed E-state index contributed by atoms with van der Waals surface area (Å²) in [6.07, 6.45) is 5.35. The van der Waals surface area contributed by atoms with Crippen molar-refractivity contribution in [2.24, 2.45) is 0 Å². The Labute approximate surface area is 91.8 Å². The maximum atomic E-state index is 3.77. The van der Waals surface area contributed by atoms with E-state index in [1.165, 1.54) is 24.9 Å². The van der Waals surface area contributed by atoms with Gasteiger partial charge in [-0.1, -0.05) is 18.5 Å². The summed E-state index contributed by atoms with van der Waals surface area (Å²) in [6.45, 7) is 3.77. The van der Waals surface area contributed by atoms with E-state index in [0.29, 0.717) is 6.17 Å². The van der Waals surface area contributed by atoms with Crippen LogP contribution in [0.15, 0.2) is 12.7 Å². The Hall–Kier alpha value is -0.123. The van der Waals surface area contributed by atoms with Crippen molar-refractivity contribution in [3.05, 3.63) is 12.7 Å². The van der Waals surface area contributed by atoms with Crippen molar-refractivity contribution in [1.82, 2.24) is 9.80 Å². The summed E-state index contributed by atoms with van der Waals surface area (Å²) in [5, 5.41) is 0. The van der Waals surface area contributed by atoms with Gasteiger partial charge in [-0.05, 0) is 40.7 Å². The summed E-state index contributed by atoms with van der Waals surface area (Å²) in [7, 11) is 8.80. The van der Waals surface area contributed by atoms with Gasteiger partial charge >= 0.3 is 0 Å². The third-order valence-electron chi connectivity index (χ3n) is 2.56. The first-order valence-corrected chi connectivity index (χ1v) is 7.53. The fraction of sp³-hybridized carbons (Fsp3) is 0.818. The predicted octanol–water partition coefficient (Wildman–Crippen LogP) is 1.41. The quantitative estimate of drug-likeness (QED) is 0.261. The van der Waals surface area contributed by atoms with E-state index in [1.807, 2.05) is 0 Å². The maximum Gasteiger partial charge on any atom is 0.0612 e. The first kappa shape index (κ1) is 13.9. The van der Waals surface area contributed by atoms with Crippen LogP contribution in [0.3, 0.4) is 0 Å². The Morgan fingerprint density at radius 3 is 2.21 bits per heavy atom. The molecule has 0 aromatic heterocycles. The average molecular weight is 214 g/mol. The lowest BCUT2D eigenvalue weighted by atomic mass is 10.2. The first-order chi connectivity index (χ1) is 6.59. The Kier molecular flexibility index (Phi) is 8.13. The van der Waals surface area contributed by atoms with Crippen LogP contribution >= 0.6 is 0 Å². The Morgan fingerprint density at radius 1 is 1.21 bits per heavy atom. The SMILES string of the molecule is C=CC[SiH2]CCCC(N(C)C)N(C)C. The van der Waals surface area contributed by atoms with E-state index in [1.54, 1.807) is 0 Å². The van der Waals surface area contributed by atoms with Crippen molar-refractivity contribution in [1.29, 1.82) is 0 Å². The molecule has 0 unspecified atom stereocenters. The predicted molar refractivity (Wildman–Crippen MR) is 68.8 cm³/mol. The average Bonchev–Trinajstić information content (AvgIpc) is 2.09. The minimum atomic E-state index is 0.164. The van der Waals surface area contributed by atoms with Gasteiger partial charge < -0.3 is 0 Å². The number of rotatable bonds is 8. The van der Waals surface area contributed by atoms with Gasteiger partial charge in [0.15, 0.2) is 0 Å². The fourth-order valence-corrected chi connectivity index (χ4v) is 2.99. The summed E-state index contributed by atoms with van der Waals surface area (Å²) in [5.74, 6) is 0. The molecule has 0 atom stereocenters. The van der Waals surface area contributed by atoms with E-state index in [9.17, 15) is 0 Å². The molecule has 0 spiro atoms. The van der Waals surface area contributed by atoms with Crippen LogP contribution in [0.4, 0.5) is 0 Å². The normalized spacial score (nSPS) is 12.5. The van der Waals surface area contributed by atoms with E-state index >= 15 is 0 Å². The summed E-state index contributed by atoms with van der Waals surface area (Å²) in [6, 6.07) is 2.76. The van der Waals surface area contributed by atoms with Crippen LogP contribution in [0.25, 0.3) is 0 Å². The zero-order valence-corrected chi connectivity index (χ0v) is 11.7. The number of hydrogen-bond acceptors (Lipinski definition) is 2. The van der Waals surface area contributed by atoms with Gasteiger partial charge in [0, 0.05) is 9.52 Å². The molecule has 0 radical (unpaired) electrons. The Balaban J connectivity index is 3.56. The smallest absolute Gasteiger partial charge is 0.0612 e. The van der Waals surface area contributed by atoms with E-state index in [2.05, 4.69) is 50.6 Å². The van der Waals surface area contributed by atoms with E-state index in [4.69, 9.17) is 0 Å². The third-order valence-corrected chi connectivity index (χ3v) is 4.38. The van der Waals surface area contributed by atoms with E-state index in [0.717, 1.165) is 0 Å². The molecule has 0 bridgehead atoms. The van der Waals surface area contributed by atoms with Gasteiger partial charge in [-0.25, -0.2) is 0 Å². The lowest BCUT2D eigenvalue weighted by Crippen LogP contribution is -2.40. The van der Waals surface area contributed by atoms with Gasteiger partial charge in [-0.2, -0.15) is 0 Å². The van der Waals surface area contributed by atoms with Crippen molar-refractivity contribution in [3.8, 4) is 0 Å². The molecule has 0 heterocycles. The van der Waals surface area contributed by atoms with Gasteiger partial charge in [-0.15, -0.1) is 6.58 Å². The standard InChI is InChI=1S/C11H26N2Si/c1-6-9-14-10-7-8-11(12(2)3)13(4)5/h6,11H,1,7-10,14H2,2-5H3.